The van der Waals surface area contributed by atoms with Crippen LogP contribution in [0.3, 0.4) is 0 Å². The highest BCUT2D eigenvalue weighted by molar-refractivity contribution is 7.88. The summed E-state index contributed by atoms with van der Waals surface area (Å²) in [5.74, 6) is -0.559. The first-order valence-corrected chi connectivity index (χ1v) is 11.6. The highest BCUT2D eigenvalue weighted by Gasteiger charge is 2.49. The summed E-state index contributed by atoms with van der Waals surface area (Å²) in [5.41, 5.74) is 0. The summed E-state index contributed by atoms with van der Waals surface area (Å²) >= 11 is 0. The molecule has 3 atom stereocenters. The Balaban J connectivity index is 0.00000101. The molecule has 12 heteroatoms. The van der Waals surface area contributed by atoms with Gasteiger partial charge >= 0.3 is 0 Å². The fourth-order valence-corrected chi connectivity index (χ4v) is 4.94. The molecule has 2 aliphatic heterocycles. The highest BCUT2D eigenvalue weighted by Crippen LogP contribution is 2.35. The van der Waals surface area contributed by atoms with Gasteiger partial charge in [-0.3, -0.25) is 14.4 Å². The van der Waals surface area contributed by atoms with E-state index in [2.05, 4.69) is 10.3 Å². The van der Waals surface area contributed by atoms with Gasteiger partial charge in [0.1, 0.15) is 0 Å². The average Bonchev–Trinajstić information content (AvgIpc) is 3.32. The van der Waals surface area contributed by atoms with Gasteiger partial charge in [0.05, 0.1) is 25.0 Å². The first-order chi connectivity index (χ1) is 14.2. The number of aromatic nitrogens is 2. The molecular weight excluding hydrogens is 414 g/mol. The summed E-state index contributed by atoms with van der Waals surface area (Å²) in [5, 5.41) is 9.86. The Morgan fingerprint density at radius 3 is 2.70 bits per heavy atom. The van der Waals surface area contributed by atoms with Crippen LogP contribution < -0.4 is 5.32 Å². The number of hydrogen-bond acceptors (Lipinski definition) is 6. The fourth-order valence-electron chi connectivity index (χ4n) is 4.15. The van der Waals surface area contributed by atoms with Crippen LogP contribution in [0.15, 0.2) is 18.7 Å². The smallest absolute Gasteiger partial charge is 0.290 e. The Labute approximate surface area is 176 Å². The van der Waals surface area contributed by atoms with Gasteiger partial charge in [-0.2, -0.15) is 4.31 Å². The molecule has 11 nitrogen and oxygen atoms in total. The molecule has 0 spiro atoms. The van der Waals surface area contributed by atoms with E-state index >= 15 is 0 Å². The molecule has 0 aromatic carbocycles. The molecule has 2 saturated heterocycles. The molecule has 0 unspecified atom stereocenters. The third-order valence-electron chi connectivity index (χ3n) is 5.43. The fraction of sp³-hybridized carbons (Fsp3) is 0.667. The SMILES string of the molecule is CC[C@@H]1[C@H](C(=O)NCCCn2ccnc2)C[C@@H]2CN(S(C)(=O)=O)CC(=O)N21.O=CO. The minimum atomic E-state index is -3.42. The standard InChI is InChI=1S/C17H27N5O4S.CH2O2/c1-3-15-14(17(24)19-5-4-7-20-8-6-18-12-20)9-13-10-21(27(2,25)26)11-16(23)22(13)15;2-1-3/h6,8,12-15H,3-5,7,9-11H2,1-2H3,(H,19,24);1H,(H,2,3)/t13-,14-,15-;/m1./s1. The zero-order chi connectivity index (χ0) is 22.3. The second kappa shape index (κ2) is 10.5. The van der Waals surface area contributed by atoms with Gasteiger partial charge in [-0.25, -0.2) is 13.4 Å². The number of amides is 2. The monoisotopic (exact) mass is 443 g/mol. The van der Waals surface area contributed by atoms with Crippen LogP contribution in [-0.2, 0) is 31.0 Å². The number of aryl methyl sites for hydroxylation is 1. The maximum Gasteiger partial charge on any atom is 0.290 e. The van der Waals surface area contributed by atoms with Crippen LogP contribution in [0.2, 0.25) is 0 Å². The van der Waals surface area contributed by atoms with E-state index in [0.717, 1.165) is 19.2 Å². The van der Waals surface area contributed by atoms with E-state index in [1.807, 2.05) is 17.7 Å². The summed E-state index contributed by atoms with van der Waals surface area (Å²) in [6.07, 6.45) is 8.42. The Morgan fingerprint density at radius 1 is 1.43 bits per heavy atom. The molecule has 1 aromatic rings. The first-order valence-electron chi connectivity index (χ1n) is 9.80. The van der Waals surface area contributed by atoms with E-state index in [4.69, 9.17) is 9.90 Å². The van der Waals surface area contributed by atoms with Crippen molar-refractivity contribution in [3.63, 3.8) is 0 Å². The molecule has 2 N–H and O–H groups in total. The van der Waals surface area contributed by atoms with Crippen molar-refractivity contribution >= 4 is 28.3 Å². The Kier molecular flexibility index (Phi) is 8.35. The van der Waals surface area contributed by atoms with E-state index in [0.29, 0.717) is 19.4 Å². The van der Waals surface area contributed by atoms with Crippen LogP contribution in [0.5, 0.6) is 0 Å². The van der Waals surface area contributed by atoms with Crippen LogP contribution in [0.4, 0.5) is 0 Å². The third kappa shape index (κ3) is 5.79. The minimum Gasteiger partial charge on any atom is -0.483 e. The normalized spacial score (nSPS) is 24.0. The lowest BCUT2D eigenvalue weighted by atomic mass is 9.96. The number of imidazole rings is 1. The molecule has 30 heavy (non-hydrogen) atoms. The highest BCUT2D eigenvalue weighted by atomic mass is 32.2. The number of nitrogens with one attached hydrogen (secondary N) is 1. The Morgan fingerprint density at radius 2 is 2.13 bits per heavy atom. The van der Waals surface area contributed by atoms with Crippen molar-refractivity contribution in [1.29, 1.82) is 0 Å². The Hall–Kier alpha value is -2.47. The number of carbonyl (C=O) groups excluding carboxylic acids is 2. The van der Waals surface area contributed by atoms with E-state index < -0.39 is 10.0 Å². The summed E-state index contributed by atoms with van der Waals surface area (Å²) in [6, 6.07) is -0.398. The summed E-state index contributed by atoms with van der Waals surface area (Å²) in [7, 11) is -3.42. The van der Waals surface area contributed by atoms with Crippen LogP contribution in [0.1, 0.15) is 26.2 Å². The largest absolute Gasteiger partial charge is 0.483 e. The van der Waals surface area contributed by atoms with Gasteiger partial charge in [-0.1, -0.05) is 6.92 Å². The molecule has 0 aliphatic carbocycles. The van der Waals surface area contributed by atoms with Gasteiger partial charge in [0.15, 0.2) is 0 Å². The van der Waals surface area contributed by atoms with Gasteiger partial charge in [-0.15, -0.1) is 0 Å². The van der Waals surface area contributed by atoms with Crippen molar-refractivity contribution < 1.29 is 27.9 Å². The van der Waals surface area contributed by atoms with Crippen molar-refractivity contribution in [3.05, 3.63) is 18.7 Å². The van der Waals surface area contributed by atoms with E-state index in [1.165, 1.54) is 4.31 Å². The molecule has 1 aromatic heterocycles. The number of rotatable bonds is 7. The third-order valence-corrected chi connectivity index (χ3v) is 6.65. The lowest BCUT2D eigenvalue weighted by molar-refractivity contribution is -0.138. The molecule has 3 rings (SSSR count). The number of piperazine rings is 1. The zero-order valence-corrected chi connectivity index (χ0v) is 18.0. The average molecular weight is 444 g/mol. The van der Waals surface area contributed by atoms with Crippen molar-refractivity contribution in [2.45, 2.75) is 44.8 Å². The maximum atomic E-state index is 12.7. The van der Waals surface area contributed by atoms with Crippen LogP contribution in [0, 0.1) is 5.92 Å². The molecular formula is C18H29N5O6S. The summed E-state index contributed by atoms with van der Waals surface area (Å²) in [4.78, 5) is 39.3. The number of sulfonamides is 1. The second-order valence-electron chi connectivity index (χ2n) is 7.38. The zero-order valence-electron chi connectivity index (χ0n) is 17.2. The van der Waals surface area contributed by atoms with Gasteiger partial charge in [0, 0.05) is 44.1 Å². The van der Waals surface area contributed by atoms with Crippen molar-refractivity contribution in [2.24, 2.45) is 5.92 Å². The first kappa shape index (κ1) is 23.8. The second-order valence-corrected chi connectivity index (χ2v) is 9.36. The Bertz CT molecular complexity index is 828. The number of nitrogens with zero attached hydrogens (tertiary/aromatic N) is 4. The van der Waals surface area contributed by atoms with Gasteiger partial charge in [0.25, 0.3) is 6.47 Å². The van der Waals surface area contributed by atoms with Gasteiger partial charge in [0.2, 0.25) is 21.8 Å². The molecule has 2 aliphatic rings. The van der Waals surface area contributed by atoms with Gasteiger partial charge in [-0.05, 0) is 19.3 Å². The van der Waals surface area contributed by atoms with Crippen molar-refractivity contribution in [3.8, 4) is 0 Å². The van der Waals surface area contributed by atoms with Crippen LogP contribution in [0.25, 0.3) is 0 Å². The van der Waals surface area contributed by atoms with Crippen LogP contribution >= 0.6 is 0 Å². The predicted molar refractivity (Wildman–Crippen MR) is 108 cm³/mol. The quantitative estimate of drug-likeness (QED) is 0.422. The van der Waals surface area contributed by atoms with Crippen LogP contribution in [-0.4, -0.2) is 88.5 Å². The molecule has 0 bridgehead atoms. The van der Waals surface area contributed by atoms with Crippen molar-refractivity contribution in [1.82, 2.24) is 24.1 Å². The topological polar surface area (TPSA) is 142 Å². The number of fused-ring (bicyclic) bond motifs is 1. The number of carbonyl (C=O) groups is 3. The van der Waals surface area contributed by atoms with E-state index in [1.54, 1.807) is 17.4 Å². The number of carboxylic acid groups (broad SMARTS) is 1. The van der Waals surface area contributed by atoms with E-state index in [9.17, 15) is 18.0 Å². The summed E-state index contributed by atoms with van der Waals surface area (Å²) < 4.78 is 26.8. The number of hydrogen-bond donors (Lipinski definition) is 2. The molecule has 0 saturated carbocycles. The van der Waals surface area contributed by atoms with E-state index in [-0.39, 0.29) is 49.4 Å². The van der Waals surface area contributed by atoms with Crippen molar-refractivity contribution in [2.75, 3.05) is 25.9 Å². The lowest BCUT2D eigenvalue weighted by Gasteiger charge is -2.38. The predicted octanol–water partition coefficient (Wildman–Crippen LogP) is -0.639. The molecule has 2 amide bonds. The lowest BCUT2D eigenvalue weighted by Crippen LogP contribution is -2.57. The molecule has 3 heterocycles. The molecule has 2 fully saturated rings. The molecule has 0 radical (unpaired) electrons. The van der Waals surface area contributed by atoms with Gasteiger partial charge < -0.3 is 19.9 Å². The summed E-state index contributed by atoms with van der Waals surface area (Å²) in [6.45, 7) is 3.18. The minimum absolute atomic E-state index is 0.0550. The maximum absolute atomic E-state index is 12.7. The molecule has 168 valence electrons.